The highest BCUT2D eigenvalue weighted by Crippen LogP contribution is 2.33. The van der Waals surface area contributed by atoms with Crippen LogP contribution in [0.15, 0.2) is 52.3 Å². The molecule has 0 aliphatic carbocycles. The number of ether oxygens (including phenoxy) is 1. The molecule has 1 amide bonds. The van der Waals surface area contributed by atoms with E-state index < -0.39 is 0 Å². The van der Waals surface area contributed by atoms with Crippen molar-refractivity contribution in [3.8, 4) is 5.75 Å². The molecule has 0 saturated carbocycles. The second-order valence-corrected chi connectivity index (χ2v) is 10.5. The van der Waals surface area contributed by atoms with Gasteiger partial charge in [0.25, 0.3) is 11.5 Å². The number of carbonyl (C=O) groups excluding carboxylic acids is 1. The van der Waals surface area contributed by atoms with Gasteiger partial charge in [0.05, 0.1) is 17.6 Å². The summed E-state index contributed by atoms with van der Waals surface area (Å²) in [5.41, 5.74) is 2.70. The summed E-state index contributed by atoms with van der Waals surface area (Å²) < 4.78 is 7.20. The highest BCUT2D eigenvalue weighted by Gasteiger charge is 2.32. The number of thioether (sulfide) groups is 1. The number of pyridine rings is 1. The molecule has 3 heterocycles. The van der Waals surface area contributed by atoms with Gasteiger partial charge in [-0.1, -0.05) is 56.0 Å². The number of thiocarbonyl (C=S) groups is 1. The SMILES string of the molecule is COc1ccc(CCN2C(=O)/C(=C/c3c(NCC(C)C)nc4ccc(C)cn4c3=O)SC2=S)cc1. The van der Waals surface area contributed by atoms with Gasteiger partial charge in [-0.15, -0.1) is 0 Å². The van der Waals surface area contributed by atoms with Crippen LogP contribution in [0.3, 0.4) is 0 Å². The van der Waals surface area contributed by atoms with E-state index in [4.69, 9.17) is 17.0 Å². The van der Waals surface area contributed by atoms with E-state index in [2.05, 4.69) is 24.1 Å². The van der Waals surface area contributed by atoms with Crippen LogP contribution in [0, 0.1) is 12.8 Å². The molecule has 1 fully saturated rings. The first-order valence-corrected chi connectivity index (χ1v) is 12.6. The Hall–Kier alpha value is -3.17. The van der Waals surface area contributed by atoms with Gasteiger partial charge >= 0.3 is 0 Å². The molecule has 1 aromatic carbocycles. The van der Waals surface area contributed by atoms with Crippen molar-refractivity contribution in [2.45, 2.75) is 27.2 Å². The maximum atomic E-state index is 13.4. The number of carbonyl (C=O) groups is 1. The van der Waals surface area contributed by atoms with Crippen molar-refractivity contribution in [3.05, 3.63) is 74.5 Å². The molecule has 1 saturated heterocycles. The quantitative estimate of drug-likeness (QED) is 0.354. The first kappa shape index (κ1) is 24.9. The summed E-state index contributed by atoms with van der Waals surface area (Å²) in [6.45, 7) is 7.19. The van der Waals surface area contributed by atoms with Crippen molar-refractivity contribution in [3.63, 3.8) is 0 Å². The van der Waals surface area contributed by atoms with Crippen molar-refractivity contribution in [2.24, 2.45) is 5.92 Å². The lowest BCUT2D eigenvalue weighted by Gasteiger charge is -2.14. The van der Waals surface area contributed by atoms with Crippen LogP contribution in [0.4, 0.5) is 5.82 Å². The lowest BCUT2D eigenvalue weighted by molar-refractivity contribution is -0.122. The fourth-order valence-corrected chi connectivity index (χ4v) is 4.97. The third-order valence-corrected chi connectivity index (χ3v) is 6.99. The van der Waals surface area contributed by atoms with E-state index in [1.165, 1.54) is 16.2 Å². The number of nitrogens with zero attached hydrogens (tertiary/aromatic N) is 3. The lowest BCUT2D eigenvalue weighted by atomic mass is 10.1. The van der Waals surface area contributed by atoms with Crippen LogP contribution in [0.5, 0.6) is 5.75 Å². The topological polar surface area (TPSA) is 75.9 Å². The van der Waals surface area contributed by atoms with Crippen LogP contribution in [0.1, 0.15) is 30.5 Å². The molecule has 0 bridgehead atoms. The van der Waals surface area contributed by atoms with Gasteiger partial charge in [-0.3, -0.25) is 18.9 Å². The second kappa shape index (κ2) is 10.6. The molecule has 7 nitrogen and oxygen atoms in total. The molecule has 1 aliphatic rings. The van der Waals surface area contributed by atoms with Gasteiger partial charge in [0, 0.05) is 19.3 Å². The average Bonchev–Trinajstić information content (AvgIpc) is 3.11. The van der Waals surface area contributed by atoms with E-state index in [1.807, 2.05) is 43.3 Å². The number of rotatable bonds is 8. The Bertz CT molecular complexity index is 1360. The van der Waals surface area contributed by atoms with Gasteiger partial charge in [0.2, 0.25) is 0 Å². The van der Waals surface area contributed by atoms with Gasteiger partial charge in [0.1, 0.15) is 21.5 Å². The number of fused-ring (bicyclic) bond motifs is 1. The molecule has 0 spiro atoms. The van der Waals surface area contributed by atoms with Crippen molar-refractivity contribution in [1.29, 1.82) is 0 Å². The molecule has 35 heavy (non-hydrogen) atoms. The Morgan fingerprint density at radius 3 is 2.60 bits per heavy atom. The molecule has 1 N–H and O–H groups in total. The summed E-state index contributed by atoms with van der Waals surface area (Å²) >= 11 is 6.72. The number of amides is 1. The zero-order valence-electron chi connectivity index (χ0n) is 20.2. The molecule has 182 valence electrons. The van der Waals surface area contributed by atoms with Gasteiger partial charge in [-0.25, -0.2) is 4.98 Å². The van der Waals surface area contributed by atoms with E-state index >= 15 is 0 Å². The average molecular weight is 509 g/mol. The zero-order valence-corrected chi connectivity index (χ0v) is 21.8. The second-order valence-electron chi connectivity index (χ2n) is 8.82. The van der Waals surface area contributed by atoms with Crippen molar-refractivity contribution in [1.82, 2.24) is 14.3 Å². The largest absolute Gasteiger partial charge is 0.497 e. The highest BCUT2D eigenvalue weighted by molar-refractivity contribution is 8.26. The van der Waals surface area contributed by atoms with Gasteiger partial charge < -0.3 is 10.1 Å². The summed E-state index contributed by atoms with van der Waals surface area (Å²) in [5.74, 6) is 1.42. The Balaban J connectivity index is 1.64. The molecule has 0 unspecified atom stereocenters. The molecular weight excluding hydrogens is 480 g/mol. The van der Waals surface area contributed by atoms with Crippen molar-refractivity contribution < 1.29 is 9.53 Å². The Kier molecular flexibility index (Phi) is 7.57. The van der Waals surface area contributed by atoms with Crippen LogP contribution in [-0.4, -0.2) is 44.7 Å². The summed E-state index contributed by atoms with van der Waals surface area (Å²) in [6.07, 6.45) is 4.04. The molecule has 0 atom stereocenters. The Morgan fingerprint density at radius 2 is 1.91 bits per heavy atom. The number of aromatic nitrogens is 2. The number of anilines is 1. The number of nitrogens with one attached hydrogen (secondary N) is 1. The van der Waals surface area contributed by atoms with Crippen molar-refractivity contribution in [2.75, 3.05) is 25.5 Å². The summed E-state index contributed by atoms with van der Waals surface area (Å²) in [7, 11) is 1.63. The van der Waals surface area contributed by atoms with E-state index in [0.29, 0.717) is 51.7 Å². The summed E-state index contributed by atoms with van der Waals surface area (Å²) in [5, 5.41) is 3.28. The number of benzene rings is 1. The van der Waals surface area contributed by atoms with Crippen LogP contribution in [0.2, 0.25) is 0 Å². The predicted octanol–water partition coefficient (Wildman–Crippen LogP) is 4.52. The minimum atomic E-state index is -0.228. The summed E-state index contributed by atoms with van der Waals surface area (Å²) in [4.78, 5) is 33.3. The monoisotopic (exact) mass is 508 g/mol. The van der Waals surface area contributed by atoms with Gasteiger partial charge in [0.15, 0.2) is 0 Å². The van der Waals surface area contributed by atoms with E-state index in [9.17, 15) is 9.59 Å². The fraction of sp³-hybridized carbons (Fsp3) is 0.308. The first-order valence-electron chi connectivity index (χ1n) is 11.4. The summed E-state index contributed by atoms with van der Waals surface area (Å²) in [6, 6.07) is 11.5. The van der Waals surface area contributed by atoms with E-state index in [1.54, 1.807) is 24.3 Å². The van der Waals surface area contributed by atoms with Crippen LogP contribution in [0.25, 0.3) is 11.7 Å². The lowest BCUT2D eigenvalue weighted by Crippen LogP contribution is -2.30. The molecule has 1 aliphatic heterocycles. The number of methoxy groups -OCH3 is 1. The zero-order chi connectivity index (χ0) is 25.1. The molecule has 9 heteroatoms. The van der Waals surface area contributed by atoms with Crippen LogP contribution >= 0.6 is 24.0 Å². The van der Waals surface area contributed by atoms with Crippen LogP contribution in [-0.2, 0) is 11.2 Å². The van der Waals surface area contributed by atoms with Crippen molar-refractivity contribution >= 4 is 51.7 Å². The fourth-order valence-electron chi connectivity index (χ4n) is 3.68. The van der Waals surface area contributed by atoms with E-state index in [0.717, 1.165) is 16.9 Å². The Morgan fingerprint density at radius 1 is 1.17 bits per heavy atom. The first-order chi connectivity index (χ1) is 16.8. The third kappa shape index (κ3) is 5.57. The van der Waals surface area contributed by atoms with Crippen LogP contribution < -0.4 is 15.6 Å². The normalized spacial score (nSPS) is 15.0. The molecule has 2 aromatic heterocycles. The van der Waals surface area contributed by atoms with Gasteiger partial charge in [-0.05, 0) is 54.7 Å². The molecule has 0 radical (unpaired) electrons. The standard InChI is InChI=1S/C26H28N4O3S2/c1-16(2)14-27-23-20(24(31)30-15-17(3)5-10-22(30)28-23)13-21-25(32)29(26(34)35-21)12-11-18-6-8-19(33-4)9-7-18/h5-10,13,15-16,27H,11-12,14H2,1-4H3/b21-13-. The molecule has 4 rings (SSSR count). The number of aryl methyl sites for hydroxylation is 1. The third-order valence-electron chi connectivity index (χ3n) is 5.62. The molecular formula is C26H28N4O3S2. The highest BCUT2D eigenvalue weighted by atomic mass is 32.2. The minimum absolute atomic E-state index is 0.197. The smallest absolute Gasteiger partial charge is 0.267 e. The number of hydrogen-bond donors (Lipinski definition) is 1. The molecule has 3 aromatic rings. The minimum Gasteiger partial charge on any atom is -0.497 e. The van der Waals surface area contributed by atoms with E-state index in [-0.39, 0.29) is 11.5 Å². The Labute approximate surface area is 214 Å². The number of hydrogen-bond acceptors (Lipinski definition) is 7. The maximum Gasteiger partial charge on any atom is 0.267 e. The maximum absolute atomic E-state index is 13.4. The van der Waals surface area contributed by atoms with Gasteiger partial charge in [-0.2, -0.15) is 0 Å². The predicted molar refractivity (Wildman–Crippen MR) is 146 cm³/mol.